The summed E-state index contributed by atoms with van der Waals surface area (Å²) in [6.07, 6.45) is 1.67. The van der Waals surface area contributed by atoms with Gasteiger partial charge in [0.15, 0.2) is 0 Å². The van der Waals surface area contributed by atoms with E-state index in [0.717, 1.165) is 0 Å². The van der Waals surface area contributed by atoms with Crippen LogP contribution in [0.4, 0.5) is 0 Å². The highest BCUT2D eigenvalue weighted by atomic mass is 35.5. The summed E-state index contributed by atoms with van der Waals surface area (Å²) in [6.45, 7) is 8.61. The summed E-state index contributed by atoms with van der Waals surface area (Å²) in [7, 11) is -7.65. The lowest BCUT2D eigenvalue weighted by atomic mass is 10.1. The molecule has 0 radical (unpaired) electrons. The van der Waals surface area contributed by atoms with Crippen LogP contribution in [0, 0.1) is 5.92 Å². The monoisotopic (exact) mass is 415 g/mol. The molecule has 3 N–H and O–H groups in total. The van der Waals surface area contributed by atoms with Crippen LogP contribution < -0.4 is 10.5 Å². The van der Waals surface area contributed by atoms with Gasteiger partial charge in [-0.25, -0.2) is 22.0 Å². The number of halogens is 1. The normalized spacial score (nSPS) is 20.4. The molecule has 2 rings (SSSR count). The van der Waals surface area contributed by atoms with Gasteiger partial charge < -0.3 is 5.32 Å². The first-order chi connectivity index (χ1) is 10.6. The molecule has 0 fully saturated rings. The van der Waals surface area contributed by atoms with E-state index in [9.17, 15) is 16.8 Å². The quantitative estimate of drug-likeness (QED) is 0.680. The van der Waals surface area contributed by atoms with Crippen molar-refractivity contribution in [3.63, 3.8) is 0 Å². The minimum absolute atomic E-state index is 0. The summed E-state index contributed by atoms with van der Waals surface area (Å²) in [5, 5.41) is 8.34. The number of fused-ring (bicyclic) bond motifs is 1. The largest absolute Gasteiger partial charge is 0.305 e. The van der Waals surface area contributed by atoms with E-state index in [1.165, 1.54) is 10.4 Å². The maximum absolute atomic E-state index is 12.8. The molecule has 1 aromatic rings. The summed E-state index contributed by atoms with van der Waals surface area (Å²) in [5.41, 5.74) is 0.459. The third-order valence-electron chi connectivity index (χ3n) is 3.40. The minimum Gasteiger partial charge on any atom is -0.305 e. The Balaban J connectivity index is 0.00000288. The molecule has 0 bridgehead atoms. The molecule has 0 aromatic carbocycles. The smallest absolute Gasteiger partial charge is 0.253 e. The van der Waals surface area contributed by atoms with Crippen LogP contribution in [0.1, 0.15) is 25.5 Å². The van der Waals surface area contributed by atoms with Gasteiger partial charge in [-0.1, -0.05) is 19.9 Å². The molecule has 1 aliphatic rings. The van der Waals surface area contributed by atoms with Gasteiger partial charge in [0.05, 0.1) is 0 Å². The van der Waals surface area contributed by atoms with Crippen molar-refractivity contribution in [2.45, 2.75) is 28.3 Å². The molecular weight excluding hydrogens is 394 g/mol. The first-order valence-electron chi connectivity index (χ1n) is 7.08. The first kappa shape index (κ1) is 21.6. The highest BCUT2D eigenvalue weighted by Gasteiger charge is 2.39. The van der Waals surface area contributed by atoms with Gasteiger partial charge >= 0.3 is 0 Å². The number of nitrogens with zero attached hydrogens (tertiary/aromatic N) is 1. The van der Waals surface area contributed by atoms with E-state index in [4.69, 9.17) is 5.14 Å². The lowest BCUT2D eigenvalue weighted by Gasteiger charge is -2.33. The number of thiophene rings is 1. The topological polar surface area (TPSA) is 110 Å². The molecule has 1 unspecified atom stereocenters. The third-order valence-corrected chi connectivity index (χ3v) is 8.33. The van der Waals surface area contributed by atoms with Crippen LogP contribution in [0.25, 0.3) is 0 Å². The number of sulfonamides is 2. The molecule has 0 spiro atoms. The Hall–Kier alpha value is -0.490. The second-order valence-electron chi connectivity index (χ2n) is 5.82. The predicted molar refractivity (Wildman–Crippen MR) is 97.5 cm³/mol. The van der Waals surface area contributed by atoms with E-state index in [1.54, 1.807) is 6.08 Å². The minimum atomic E-state index is -3.94. The SMILES string of the molecule is C=CCNC1CN(CC(C)C)S(=O)(=O)c2sc(S(N)(=O)=O)cc21.Cl. The fourth-order valence-electron chi connectivity index (χ4n) is 2.45. The van der Waals surface area contributed by atoms with E-state index < -0.39 is 20.0 Å². The molecular formula is C13H22ClN3O4S3. The highest BCUT2D eigenvalue weighted by molar-refractivity contribution is 7.94. The predicted octanol–water partition coefficient (Wildman–Crippen LogP) is 1.29. The van der Waals surface area contributed by atoms with Crippen molar-refractivity contribution in [1.29, 1.82) is 0 Å². The number of hydrogen-bond donors (Lipinski definition) is 2. The van der Waals surface area contributed by atoms with Gasteiger partial charge in [0.1, 0.15) is 8.42 Å². The summed E-state index contributed by atoms with van der Waals surface area (Å²) in [4.78, 5) is 0. The number of rotatable bonds is 6. The van der Waals surface area contributed by atoms with Crippen LogP contribution in [-0.2, 0) is 20.0 Å². The average molecular weight is 416 g/mol. The molecule has 24 heavy (non-hydrogen) atoms. The van der Waals surface area contributed by atoms with Crippen molar-refractivity contribution in [3.8, 4) is 0 Å². The molecule has 7 nitrogen and oxygen atoms in total. The number of nitrogens with two attached hydrogens (primary N) is 1. The molecule has 138 valence electrons. The molecule has 0 amide bonds. The fraction of sp³-hybridized carbons (Fsp3) is 0.538. The second kappa shape index (κ2) is 7.81. The van der Waals surface area contributed by atoms with E-state index in [-0.39, 0.29) is 39.3 Å². The van der Waals surface area contributed by atoms with Gasteiger partial charge in [-0.3, -0.25) is 0 Å². The molecule has 1 aromatic heterocycles. The van der Waals surface area contributed by atoms with Gasteiger partial charge in [0, 0.05) is 31.2 Å². The average Bonchev–Trinajstić information content (AvgIpc) is 2.86. The van der Waals surface area contributed by atoms with Crippen LogP contribution in [-0.4, -0.2) is 40.8 Å². The van der Waals surface area contributed by atoms with E-state index in [1.807, 2.05) is 13.8 Å². The van der Waals surface area contributed by atoms with Crippen LogP contribution in [0.5, 0.6) is 0 Å². The molecule has 0 aliphatic carbocycles. The van der Waals surface area contributed by atoms with Crippen molar-refractivity contribution in [1.82, 2.24) is 9.62 Å². The molecule has 2 heterocycles. The van der Waals surface area contributed by atoms with Crippen LogP contribution in [0.2, 0.25) is 0 Å². The zero-order chi connectivity index (χ0) is 17.4. The Morgan fingerprint density at radius 2 is 2.17 bits per heavy atom. The Morgan fingerprint density at radius 1 is 1.54 bits per heavy atom. The standard InChI is InChI=1S/C13H21N3O4S3.ClH/c1-4-5-15-11-8-16(7-9(2)3)23(19,20)13-10(11)6-12(21-13)22(14,17)18;/h4,6,9,11,15H,1,5,7-8H2,2-3H3,(H2,14,17,18);1H. The molecule has 11 heteroatoms. The van der Waals surface area contributed by atoms with Crippen LogP contribution >= 0.6 is 23.7 Å². The van der Waals surface area contributed by atoms with Gasteiger partial charge in [-0.15, -0.1) is 30.3 Å². The van der Waals surface area contributed by atoms with Gasteiger partial charge in [0.2, 0.25) is 10.0 Å². The lowest BCUT2D eigenvalue weighted by molar-refractivity contribution is 0.318. The fourth-order valence-corrected chi connectivity index (χ4v) is 6.88. The molecule has 1 atom stereocenters. The van der Waals surface area contributed by atoms with E-state index >= 15 is 0 Å². The summed E-state index contributed by atoms with van der Waals surface area (Å²) in [6, 6.07) is 1.07. The third kappa shape index (κ3) is 4.37. The van der Waals surface area contributed by atoms with E-state index in [0.29, 0.717) is 30.0 Å². The van der Waals surface area contributed by atoms with Crippen molar-refractivity contribution >= 4 is 43.8 Å². The lowest BCUT2D eigenvalue weighted by Crippen LogP contribution is -2.44. The Bertz CT molecular complexity index is 802. The summed E-state index contributed by atoms with van der Waals surface area (Å²) >= 11 is 0.709. The molecule has 0 saturated carbocycles. The zero-order valence-electron chi connectivity index (χ0n) is 13.4. The molecule has 1 aliphatic heterocycles. The van der Waals surface area contributed by atoms with Crippen molar-refractivity contribution < 1.29 is 16.8 Å². The second-order valence-corrected chi connectivity index (χ2v) is 10.8. The van der Waals surface area contributed by atoms with E-state index in [2.05, 4.69) is 11.9 Å². The first-order valence-corrected chi connectivity index (χ1v) is 10.9. The van der Waals surface area contributed by atoms with Crippen LogP contribution in [0.3, 0.4) is 0 Å². The molecule has 0 saturated heterocycles. The Kier molecular flexibility index (Phi) is 7.02. The van der Waals surface area contributed by atoms with Crippen LogP contribution in [0.15, 0.2) is 27.1 Å². The zero-order valence-corrected chi connectivity index (χ0v) is 16.7. The summed E-state index contributed by atoms with van der Waals surface area (Å²) < 4.78 is 50.0. The maximum atomic E-state index is 12.8. The highest BCUT2D eigenvalue weighted by Crippen LogP contribution is 2.40. The summed E-state index contributed by atoms with van der Waals surface area (Å²) in [5.74, 6) is 0.157. The number of primary sulfonamides is 1. The van der Waals surface area contributed by atoms with Crippen molar-refractivity contribution in [2.24, 2.45) is 11.1 Å². The van der Waals surface area contributed by atoms with Gasteiger partial charge in [0.25, 0.3) is 10.0 Å². The number of hydrogen-bond acceptors (Lipinski definition) is 6. The van der Waals surface area contributed by atoms with Crippen molar-refractivity contribution in [3.05, 3.63) is 24.3 Å². The number of nitrogens with one attached hydrogen (secondary N) is 1. The Labute approximate surface area is 153 Å². The van der Waals surface area contributed by atoms with Gasteiger partial charge in [-0.2, -0.15) is 4.31 Å². The van der Waals surface area contributed by atoms with Crippen molar-refractivity contribution in [2.75, 3.05) is 19.6 Å². The maximum Gasteiger partial charge on any atom is 0.253 e. The van der Waals surface area contributed by atoms with Gasteiger partial charge in [-0.05, 0) is 12.0 Å². The Morgan fingerprint density at radius 3 is 2.67 bits per heavy atom.